The number of phosphoric acid groups is 1. The molecule has 0 rings (SSSR count). The van der Waals surface area contributed by atoms with Crippen molar-refractivity contribution in [3.63, 3.8) is 0 Å². The average Bonchev–Trinajstić information content (AvgIpc) is 2.71. The van der Waals surface area contributed by atoms with Crippen LogP contribution in [0, 0.1) is 0 Å². The molecule has 0 fully saturated rings. The standard InChI is InChI=1S/C24H51O4P/c1-4-7-9-11-13-15-17-19-21-23-27-29(25,26-6-3)28-24-22-20-18-16-14-12-10-8-5-2/h4-24H2,1-3H3. The summed E-state index contributed by atoms with van der Waals surface area (Å²) in [6, 6.07) is 0. The van der Waals surface area contributed by atoms with E-state index in [9.17, 15) is 4.57 Å². The summed E-state index contributed by atoms with van der Waals surface area (Å²) in [4.78, 5) is 0. The zero-order valence-electron chi connectivity index (χ0n) is 19.9. The van der Waals surface area contributed by atoms with Gasteiger partial charge in [0, 0.05) is 0 Å². The van der Waals surface area contributed by atoms with Gasteiger partial charge in [-0.15, -0.1) is 0 Å². The Hall–Kier alpha value is 0.110. The first-order valence-corrected chi connectivity index (χ1v) is 14.2. The highest BCUT2D eigenvalue weighted by molar-refractivity contribution is 7.48. The first-order valence-electron chi connectivity index (χ1n) is 12.7. The summed E-state index contributed by atoms with van der Waals surface area (Å²) in [5.41, 5.74) is 0. The molecule has 0 atom stereocenters. The van der Waals surface area contributed by atoms with Crippen LogP contribution in [0.2, 0.25) is 0 Å². The van der Waals surface area contributed by atoms with Crippen LogP contribution >= 0.6 is 7.82 Å². The van der Waals surface area contributed by atoms with Crippen molar-refractivity contribution in [1.29, 1.82) is 0 Å². The van der Waals surface area contributed by atoms with Gasteiger partial charge in [0.05, 0.1) is 19.8 Å². The van der Waals surface area contributed by atoms with Gasteiger partial charge in [0.2, 0.25) is 0 Å². The van der Waals surface area contributed by atoms with Crippen molar-refractivity contribution < 1.29 is 18.1 Å². The van der Waals surface area contributed by atoms with Crippen LogP contribution in [-0.2, 0) is 18.1 Å². The molecule has 0 aliphatic carbocycles. The predicted molar refractivity (Wildman–Crippen MR) is 126 cm³/mol. The largest absolute Gasteiger partial charge is 0.474 e. The van der Waals surface area contributed by atoms with Gasteiger partial charge < -0.3 is 0 Å². The Morgan fingerprint density at radius 3 is 1.07 bits per heavy atom. The second-order valence-electron chi connectivity index (χ2n) is 8.19. The summed E-state index contributed by atoms with van der Waals surface area (Å²) in [7, 11) is -3.37. The molecule has 29 heavy (non-hydrogen) atoms. The molecule has 4 nitrogen and oxygen atoms in total. The van der Waals surface area contributed by atoms with E-state index in [0.29, 0.717) is 19.8 Å². The third-order valence-corrected chi connectivity index (χ3v) is 6.85. The molecule has 0 aromatic rings. The first-order chi connectivity index (χ1) is 14.2. The average molecular weight is 435 g/mol. The maximum atomic E-state index is 12.6. The molecule has 0 amide bonds. The van der Waals surface area contributed by atoms with Gasteiger partial charge in [0.25, 0.3) is 0 Å². The van der Waals surface area contributed by atoms with Gasteiger partial charge in [-0.1, -0.05) is 117 Å². The lowest BCUT2D eigenvalue weighted by Crippen LogP contribution is -2.03. The number of phosphoric ester groups is 1. The van der Waals surface area contributed by atoms with E-state index in [2.05, 4.69) is 13.8 Å². The fourth-order valence-electron chi connectivity index (χ4n) is 3.45. The van der Waals surface area contributed by atoms with Crippen LogP contribution in [0.1, 0.15) is 136 Å². The molecular formula is C24H51O4P. The minimum atomic E-state index is -3.37. The summed E-state index contributed by atoms with van der Waals surface area (Å²) in [5, 5.41) is 0. The van der Waals surface area contributed by atoms with E-state index in [1.807, 2.05) is 6.92 Å². The highest BCUT2D eigenvalue weighted by Gasteiger charge is 2.25. The van der Waals surface area contributed by atoms with Crippen molar-refractivity contribution in [3.05, 3.63) is 0 Å². The van der Waals surface area contributed by atoms with E-state index in [1.54, 1.807) is 0 Å². The fraction of sp³-hybridized carbons (Fsp3) is 1.00. The van der Waals surface area contributed by atoms with Crippen LogP contribution in [0.25, 0.3) is 0 Å². The minimum Gasteiger partial charge on any atom is -0.287 e. The SMILES string of the molecule is CCCCCCCCCCCOP(=O)(OCC)OCCCCCCCCCCC. The maximum absolute atomic E-state index is 12.6. The highest BCUT2D eigenvalue weighted by atomic mass is 31.2. The van der Waals surface area contributed by atoms with Gasteiger partial charge in [0.1, 0.15) is 0 Å². The molecule has 0 bridgehead atoms. The topological polar surface area (TPSA) is 44.8 Å². The van der Waals surface area contributed by atoms with Crippen molar-refractivity contribution in [3.8, 4) is 0 Å². The van der Waals surface area contributed by atoms with Gasteiger partial charge in [-0.2, -0.15) is 0 Å². The molecule has 0 aromatic heterocycles. The lowest BCUT2D eigenvalue weighted by molar-refractivity contribution is 0.114. The molecule has 0 saturated carbocycles. The zero-order valence-corrected chi connectivity index (χ0v) is 20.8. The van der Waals surface area contributed by atoms with Gasteiger partial charge in [0.15, 0.2) is 0 Å². The zero-order chi connectivity index (χ0) is 21.5. The molecule has 0 unspecified atom stereocenters. The third-order valence-electron chi connectivity index (χ3n) is 5.28. The molecule has 5 heteroatoms. The summed E-state index contributed by atoms with van der Waals surface area (Å²) in [6.07, 6.45) is 22.6. The quantitative estimate of drug-likeness (QED) is 0.112. The lowest BCUT2D eigenvalue weighted by atomic mass is 10.1. The van der Waals surface area contributed by atoms with E-state index in [4.69, 9.17) is 13.6 Å². The van der Waals surface area contributed by atoms with E-state index >= 15 is 0 Å². The van der Waals surface area contributed by atoms with Crippen LogP contribution in [0.15, 0.2) is 0 Å². The summed E-state index contributed by atoms with van der Waals surface area (Å²) < 4.78 is 29.0. The van der Waals surface area contributed by atoms with Crippen molar-refractivity contribution in [2.75, 3.05) is 19.8 Å². The highest BCUT2D eigenvalue weighted by Crippen LogP contribution is 2.49. The molecule has 0 N–H and O–H groups in total. The van der Waals surface area contributed by atoms with Crippen LogP contribution in [0.4, 0.5) is 0 Å². The summed E-state index contributed by atoms with van der Waals surface area (Å²) >= 11 is 0. The molecule has 0 aromatic carbocycles. The Balaban J connectivity index is 3.62. The third kappa shape index (κ3) is 21.1. The van der Waals surface area contributed by atoms with Crippen molar-refractivity contribution in [1.82, 2.24) is 0 Å². The van der Waals surface area contributed by atoms with Crippen LogP contribution < -0.4 is 0 Å². The number of hydrogen-bond acceptors (Lipinski definition) is 4. The molecule has 0 heterocycles. The molecule has 0 aliphatic heterocycles. The van der Waals surface area contributed by atoms with Crippen LogP contribution in [0.5, 0.6) is 0 Å². The summed E-state index contributed by atoms with van der Waals surface area (Å²) in [6.45, 7) is 7.61. The van der Waals surface area contributed by atoms with E-state index < -0.39 is 7.82 Å². The number of hydrogen-bond donors (Lipinski definition) is 0. The van der Waals surface area contributed by atoms with E-state index in [-0.39, 0.29) is 0 Å². The Morgan fingerprint density at radius 1 is 0.448 bits per heavy atom. The second kappa shape index (κ2) is 22.8. The maximum Gasteiger partial charge on any atom is 0.474 e. The number of unbranched alkanes of at least 4 members (excludes halogenated alkanes) is 16. The van der Waals surface area contributed by atoms with Gasteiger partial charge in [-0.3, -0.25) is 13.6 Å². The molecule has 176 valence electrons. The predicted octanol–water partition coefficient (Wildman–Crippen LogP) is 9.23. The van der Waals surface area contributed by atoms with Crippen molar-refractivity contribution in [2.45, 2.75) is 136 Å². The van der Waals surface area contributed by atoms with E-state index in [0.717, 1.165) is 25.7 Å². The monoisotopic (exact) mass is 434 g/mol. The Bertz CT molecular complexity index is 335. The normalized spacial score (nSPS) is 12.0. The summed E-state index contributed by atoms with van der Waals surface area (Å²) in [5.74, 6) is 0. The minimum absolute atomic E-state index is 0.354. The first kappa shape index (κ1) is 29.1. The van der Waals surface area contributed by atoms with Crippen molar-refractivity contribution in [2.24, 2.45) is 0 Å². The molecule has 0 spiro atoms. The van der Waals surface area contributed by atoms with Crippen LogP contribution in [0.3, 0.4) is 0 Å². The van der Waals surface area contributed by atoms with E-state index in [1.165, 1.54) is 89.9 Å². The van der Waals surface area contributed by atoms with Crippen LogP contribution in [-0.4, -0.2) is 19.8 Å². The lowest BCUT2D eigenvalue weighted by Gasteiger charge is -2.17. The van der Waals surface area contributed by atoms with Gasteiger partial charge >= 0.3 is 7.82 Å². The van der Waals surface area contributed by atoms with Gasteiger partial charge in [-0.05, 0) is 19.8 Å². The van der Waals surface area contributed by atoms with Crippen molar-refractivity contribution >= 4 is 7.82 Å². The van der Waals surface area contributed by atoms with Gasteiger partial charge in [-0.25, -0.2) is 4.57 Å². The molecular weight excluding hydrogens is 383 g/mol. The fourth-order valence-corrected chi connectivity index (χ4v) is 4.69. The number of rotatable bonds is 24. The molecule has 0 saturated heterocycles. The smallest absolute Gasteiger partial charge is 0.287 e. The molecule has 0 aliphatic rings. The Labute approximate surface area is 182 Å². The molecule has 0 radical (unpaired) electrons. The second-order valence-corrected chi connectivity index (χ2v) is 9.86. The Morgan fingerprint density at radius 2 is 0.759 bits per heavy atom. The Kier molecular flexibility index (Phi) is 22.9.